The number of halogens is 2. The first-order valence-electron chi connectivity index (χ1n) is 6.14. The van der Waals surface area contributed by atoms with E-state index in [0.29, 0.717) is 19.4 Å². The predicted octanol–water partition coefficient (Wildman–Crippen LogP) is 2.05. The number of rotatable bonds is 2. The van der Waals surface area contributed by atoms with Crippen molar-refractivity contribution in [2.45, 2.75) is 38.3 Å². The number of ether oxygens (including phenoxy) is 1. The lowest BCUT2D eigenvalue weighted by atomic mass is 9.94. The number of hydrogen-bond donors (Lipinski definition) is 1. The molecule has 0 bridgehead atoms. The maximum Gasteiger partial charge on any atom is 0.259 e. The molecule has 0 aromatic carbocycles. The molecule has 1 amide bonds. The molecule has 1 N–H and O–H groups in total. The van der Waals surface area contributed by atoms with Crippen LogP contribution >= 0.6 is 0 Å². The maximum atomic E-state index is 13.4. The fourth-order valence-electron chi connectivity index (χ4n) is 2.23. The highest BCUT2D eigenvalue weighted by molar-refractivity contribution is 5.94. The number of pyridine rings is 1. The highest BCUT2D eigenvalue weighted by atomic mass is 19.1. The van der Waals surface area contributed by atoms with Gasteiger partial charge in [-0.05, 0) is 32.8 Å². The molecule has 1 fully saturated rings. The Bertz CT molecular complexity index is 471. The number of hydrogen-bond acceptors (Lipinski definition) is 3. The maximum absolute atomic E-state index is 13.4. The van der Waals surface area contributed by atoms with Gasteiger partial charge in [-0.1, -0.05) is 0 Å². The Kier molecular flexibility index (Phi) is 3.80. The van der Waals surface area contributed by atoms with E-state index in [4.69, 9.17) is 4.74 Å². The van der Waals surface area contributed by atoms with Crippen molar-refractivity contribution >= 4 is 5.91 Å². The number of carbonyl (C=O) groups is 1. The van der Waals surface area contributed by atoms with E-state index >= 15 is 0 Å². The van der Waals surface area contributed by atoms with E-state index in [1.807, 2.05) is 13.8 Å². The van der Waals surface area contributed by atoms with Gasteiger partial charge in [0.2, 0.25) is 5.95 Å². The van der Waals surface area contributed by atoms with Crippen molar-refractivity contribution in [2.75, 3.05) is 6.61 Å². The first kappa shape index (κ1) is 13.9. The molecule has 19 heavy (non-hydrogen) atoms. The molecule has 0 saturated carbocycles. The fourth-order valence-corrected chi connectivity index (χ4v) is 2.23. The molecular formula is C13H16F2N2O2. The van der Waals surface area contributed by atoms with E-state index in [1.54, 1.807) is 0 Å². The summed E-state index contributed by atoms with van der Waals surface area (Å²) in [6, 6.07) is 0.807. The zero-order valence-electron chi connectivity index (χ0n) is 10.9. The van der Waals surface area contributed by atoms with Gasteiger partial charge in [0.15, 0.2) is 0 Å². The Morgan fingerprint density at radius 2 is 2.26 bits per heavy atom. The van der Waals surface area contributed by atoms with Crippen LogP contribution in [0.4, 0.5) is 8.78 Å². The lowest BCUT2D eigenvalue weighted by Gasteiger charge is -2.35. The van der Waals surface area contributed by atoms with E-state index in [1.165, 1.54) is 0 Å². The van der Waals surface area contributed by atoms with Crippen molar-refractivity contribution in [3.8, 4) is 0 Å². The van der Waals surface area contributed by atoms with Crippen LogP contribution in [-0.4, -0.2) is 29.1 Å². The van der Waals surface area contributed by atoms with Gasteiger partial charge in [-0.3, -0.25) is 4.79 Å². The molecule has 2 heterocycles. The van der Waals surface area contributed by atoms with Gasteiger partial charge < -0.3 is 10.1 Å². The summed E-state index contributed by atoms with van der Waals surface area (Å²) in [6.45, 7) is 4.34. The number of nitrogens with zero attached hydrogens (tertiary/aromatic N) is 1. The van der Waals surface area contributed by atoms with Gasteiger partial charge in [0.25, 0.3) is 5.91 Å². The van der Waals surface area contributed by atoms with Crippen LogP contribution in [0.2, 0.25) is 0 Å². The summed E-state index contributed by atoms with van der Waals surface area (Å²) in [7, 11) is 0. The highest BCUT2D eigenvalue weighted by Gasteiger charge is 2.31. The zero-order valence-corrected chi connectivity index (χ0v) is 10.9. The van der Waals surface area contributed by atoms with Gasteiger partial charge >= 0.3 is 0 Å². The van der Waals surface area contributed by atoms with Crippen LogP contribution in [0.15, 0.2) is 12.3 Å². The standard InChI is InChI=1S/C13H16F2N2O2/c1-13(2)7-8(4-6-19-13)17-12(18)10-9(14)3-5-16-11(10)15/h3,5,8H,4,6-7H2,1-2H3,(H,17,18)/t8-/m0/s1. The molecule has 6 heteroatoms. The SMILES string of the molecule is CC1(C)C[C@@H](NC(=O)c2c(F)ccnc2F)CCO1. The molecule has 1 aliphatic rings. The summed E-state index contributed by atoms with van der Waals surface area (Å²) in [5, 5.41) is 2.63. The average Bonchev–Trinajstić information content (AvgIpc) is 2.27. The number of carbonyl (C=O) groups excluding carboxylic acids is 1. The number of aromatic nitrogens is 1. The average molecular weight is 270 g/mol. The molecule has 1 aliphatic heterocycles. The molecule has 2 rings (SSSR count). The molecule has 104 valence electrons. The molecule has 0 aliphatic carbocycles. The van der Waals surface area contributed by atoms with Crippen molar-refractivity contribution in [2.24, 2.45) is 0 Å². The normalized spacial score (nSPS) is 22.0. The van der Waals surface area contributed by atoms with E-state index < -0.39 is 23.2 Å². The molecule has 1 saturated heterocycles. The van der Waals surface area contributed by atoms with Crippen molar-refractivity contribution in [3.05, 3.63) is 29.6 Å². The van der Waals surface area contributed by atoms with Crippen LogP contribution in [0.25, 0.3) is 0 Å². The Morgan fingerprint density at radius 1 is 1.53 bits per heavy atom. The number of amides is 1. The largest absolute Gasteiger partial charge is 0.375 e. The second-order valence-corrected chi connectivity index (χ2v) is 5.23. The van der Waals surface area contributed by atoms with E-state index in [9.17, 15) is 13.6 Å². The van der Waals surface area contributed by atoms with Gasteiger partial charge in [0.1, 0.15) is 11.4 Å². The topological polar surface area (TPSA) is 51.2 Å². The minimum atomic E-state index is -1.09. The smallest absolute Gasteiger partial charge is 0.259 e. The summed E-state index contributed by atoms with van der Waals surface area (Å²) >= 11 is 0. The Hall–Kier alpha value is -1.56. The quantitative estimate of drug-likeness (QED) is 0.837. The van der Waals surface area contributed by atoms with Crippen LogP contribution in [0.5, 0.6) is 0 Å². The lowest BCUT2D eigenvalue weighted by Crippen LogP contribution is -2.46. The van der Waals surface area contributed by atoms with Crippen LogP contribution in [0.3, 0.4) is 0 Å². The van der Waals surface area contributed by atoms with E-state index in [-0.39, 0.29) is 11.6 Å². The summed E-state index contributed by atoms with van der Waals surface area (Å²) in [5.41, 5.74) is -0.978. The Morgan fingerprint density at radius 3 is 2.89 bits per heavy atom. The van der Waals surface area contributed by atoms with E-state index in [0.717, 1.165) is 12.3 Å². The minimum absolute atomic E-state index is 0.157. The van der Waals surface area contributed by atoms with Crippen molar-refractivity contribution in [3.63, 3.8) is 0 Å². The summed E-state index contributed by atoms with van der Waals surface area (Å²) in [4.78, 5) is 15.2. The first-order chi connectivity index (χ1) is 8.89. The molecule has 0 spiro atoms. The highest BCUT2D eigenvalue weighted by Crippen LogP contribution is 2.24. The predicted molar refractivity (Wildman–Crippen MR) is 64.7 cm³/mol. The molecule has 0 radical (unpaired) electrons. The second kappa shape index (κ2) is 5.21. The van der Waals surface area contributed by atoms with Gasteiger partial charge in [-0.2, -0.15) is 4.39 Å². The third-order valence-electron chi connectivity index (χ3n) is 3.11. The lowest BCUT2D eigenvalue weighted by molar-refractivity contribution is -0.0615. The van der Waals surface area contributed by atoms with Gasteiger partial charge in [0, 0.05) is 18.8 Å². The fraction of sp³-hybridized carbons (Fsp3) is 0.538. The van der Waals surface area contributed by atoms with Crippen LogP contribution < -0.4 is 5.32 Å². The van der Waals surface area contributed by atoms with Gasteiger partial charge in [-0.25, -0.2) is 9.37 Å². The summed E-state index contributed by atoms with van der Waals surface area (Å²) in [6.07, 6.45) is 2.21. The number of nitrogens with one attached hydrogen (secondary N) is 1. The third kappa shape index (κ3) is 3.26. The van der Waals surface area contributed by atoms with Crippen LogP contribution in [0.1, 0.15) is 37.0 Å². The second-order valence-electron chi connectivity index (χ2n) is 5.23. The van der Waals surface area contributed by atoms with Gasteiger partial charge in [-0.15, -0.1) is 0 Å². The summed E-state index contributed by atoms with van der Waals surface area (Å²) < 4.78 is 32.3. The molecule has 1 aromatic heterocycles. The van der Waals surface area contributed by atoms with Crippen LogP contribution in [0, 0.1) is 11.8 Å². The third-order valence-corrected chi connectivity index (χ3v) is 3.11. The molecule has 4 nitrogen and oxygen atoms in total. The Balaban J connectivity index is 2.09. The molecule has 1 aromatic rings. The van der Waals surface area contributed by atoms with Crippen LogP contribution in [-0.2, 0) is 4.74 Å². The van der Waals surface area contributed by atoms with Crippen molar-refractivity contribution in [1.82, 2.24) is 10.3 Å². The van der Waals surface area contributed by atoms with Gasteiger partial charge in [0.05, 0.1) is 5.60 Å². The monoisotopic (exact) mass is 270 g/mol. The molecule has 0 unspecified atom stereocenters. The zero-order chi connectivity index (χ0) is 14.0. The van der Waals surface area contributed by atoms with Crippen molar-refractivity contribution < 1.29 is 18.3 Å². The van der Waals surface area contributed by atoms with Crippen molar-refractivity contribution in [1.29, 1.82) is 0 Å². The first-order valence-corrected chi connectivity index (χ1v) is 6.14. The summed E-state index contributed by atoms with van der Waals surface area (Å²) in [5.74, 6) is -2.77. The Labute approximate surface area is 110 Å². The minimum Gasteiger partial charge on any atom is -0.375 e. The molecule has 1 atom stereocenters. The van der Waals surface area contributed by atoms with E-state index in [2.05, 4.69) is 10.3 Å². The molecular weight excluding hydrogens is 254 g/mol.